The molecule has 1 aromatic carbocycles. The fourth-order valence-corrected chi connectivity index (χ4v) is 2.60. The summed E-state index contributed by atoms with van der Waals surface area (Å²) in [4.78, 5) is 13.1. The van der Waals surface area contributed by atoms with Gasteiger partial charge in [-0.25, -0.2) is 0 Å². The van der Waals surface area contributed by atoms with Crippen LogP contribution in [0.15, 0.2) is 41.6 Å². The van der Waals surface area contributed by atoms with Crippen LogP contribution in [0.5, 0.6) is 5.75 Å². The summed E-state index contributed by atoms with van der Waals surface area (Å²) in [5.74, 6) is 0.586. The van der Waals surface area contributed by atoms with Crippen molar-refractivity contribution < 1.29 is 9.53 Å². The van der Waals surface area contributed by atoms with Crippen LogP contribution in [-0.2, 0) is 11.8 Å². The number of aromatic nitrogens is 2. The largest absolute Gasteiger partial charge is 0.495 e. The van der Waals surface area contributed by atoms with Crippen molar-refractivity contribution in [2.75, 3.05) is 12.4 Å². The van der Waals surface area contributed by atoms with Gasteiger partial charge in [-0.05, 0) is 19.1 Å². The number of nitrogens with zero attached hydrogens (tertiary/aromatic N) is 2. The number of benzene rings is 1. The van der Waals surface area contributed by atoms with Crippen molar-refractivity contribution >= 4 is 23.4 Å². The van der Waals surface area contributed by atoms with Crippen LogP contribution in [0.1, 0.15) is 6.92 Å². The number of aryl methyl sites for hydroxylation is 1. The highest BCUT2D eigenvalue weighted by Crippen LogP contribution is 2.26. The Morgan fingerprint density at radius 2 is 2.20 bits per heavy atom. The topological polar surface area (TPSA) is 56.1 Å². The van der Waals surface area contributed by atoms with Crippen LogP contribution in [-0.4, -0.2) is 28.0 Å². The Bertz CT molecular complexity index is 598. The Kier molecular flexibility index (Phi) is 4.68. The molecule has 6 heteroatoms. The van der Waals surface area contributed by atoms with Gasteiger partial charge in [0.15, 0.2) is 0 Å². The third kappa shape index (κ3) is 3.54. The molecule has 0 radical (unpaired) electrons. The van der Waals surface area contributed by atoms with Gasteiger partial charge in [-0.1, -0.05) is 12.1 Å². The van der Waals surface area contributed by atoms with Gasteiger partial charge in [0.05, 0.1) is 24.2 Å². The number of anilines is 1. The first-order valence-corrected chi connectivity index (χ1v) is 7.07. The van der Waals surface area contributed by atoms with Gasteiger partial charge in [0, 0.05) is 18.1 Å². The van der Waals surface area contributed by atoms with Crippen molar-refractivity contribution in [3.05, 3.63) is 36.7 Å². The van der Waals surface area contributed by atoms with E-state index in [4.69, 9.17) is 4.74 Å². The number of carbonyl (C=O) groups excluding carboxylic acids is 1. The number of para-hydroxylation sites is 2. The SMILES string of the molecule is COc1ccccc1NC(=O)[C@@H](C)Sc1cnn(C)c1. The molecule has 0 aliphatic heterocycles. The van der Waals surface area contributed by atoms with E-state index < -0.39 is 0 Å². The molecule has 5 nitrogen and oxygen atoms in total. The summed E-state index contributed by atoms with van der Waals surface area (Å²) in [5, 5.41) is 6.74. The molecule has 0 aliphatic carbocycles. The molecular weight excluding hydrogens is 274 g/mol. The lowest BCUT2D eigenvalue weighted by Crippen LogP contribution is -2.22. The number of thioether (sulfide) groups is 1. The van der Waals surface area contributed by atoms with Gasteiger partial charge < -0.3 is 10.1 Å². The lowest BCUT2D eigenvalue weighted by atomic mass is 10.3. The minimum absolute atomic E-state index is 0.0663. The average molecular weight is 291 g/mol. The van der Waals surface area contributed by atoms with E-state index in [0.29, 0.717) is 11.4 Å². The molecule has 0 unspecified atom stereocenters. The number of carbonyl (C=O) groups is 1. The third-order valence-corrected chi connectivity index (χ3v) is 3.78. The van der Waals surface area contributed by atoms with E-state index in [1.54, 1.807) is 18.0 Å². The smallest absolute Gasteiger partial charge is 0.237 e. The number of ether oxygens (including phenoxy) is 1. The van der Waals surface area contributed by atoms with Crippen LogP contribution in [0.25, 0.3) is 0 Å². The van der Waals surface area contributed by atoms with Crippen LogP contribution in [0.4, 0.5) is 5.69 Å². The summed E-state index contributed by atoms with van der Waals surface area (Å²) >= 11 is 1.47. The lowest BCUT2D eigenvalue weighted by molar-refractivity contribution is -0.115. The predicted octanol–water partition coefficient (Wildman–Crippen LogP) is 2.55. The number of hydrogen-bond acceptors (Lipinski definition) is 4. The van der Waals surface area contributed by atoms with Crippen molar-refractivity contribution in [1.29, 1.82) is 0 Å². The predicted molar refractivity (Wildman–Crippen MR) is 80.2 cm³/mol. The monoisotopic (exact) mass is 291 g/mol. The maximum atomic E-state index is 12.2. The van der Waals surface area contributed by atoms with E-state index >= 15 is 0 Å². The molecule has 1 amide bonds. The first-order valence-electron chi connectivity index (χ1n) is 6.19. The summed E-state index contributed by atoms with van der Waals surface area (Å²) in [6.07, 6.45) is 3.63. The zero-order valence-electron chi connectivity index (χ0n) is 11.7. The van der Waals surface area contributed by atoms with Crippen molar-refractivity contribution in [1.82, 2.24) is 9.78 Å². The Hall–Kier alpha value is -1.95. The Morgan fingerprint density at radius 3 is 2.85 bits per heavy atom. The molecule has 1 heterocycles. The number of methoxy groups -OCH3 is 1. The van der Waals surface area contributed by atoms with Gasteiger partial charge in [-0.3, -0.25) is 9.48 Å². The summed E-state index contributed by atoms with van der Waals surface area (Å²) in [6, 6.07) is 7.35. The molecule has 106 valence electrons. The van der Waals surface area contributed by atoms with E-state index in [1.165, 1.54) is 11.8 Å². The van der Waals surface area contributed by atoms with Gasteiger partial charge in [-0.15, -0.1) is 11.8 Å². The molecule has 0 aliphatic rings. The van der Waals surface area contributed by atoms with Crippen LogP contribution in [0, 0.1) is 0 Å². The Labute approximate surface area is 122 Å². The van der Waals surface area contributed by atoms with E-state index in [9.17, 15) is 4.79 Å². The van der Waals surface area contributed by atoms with Gasteiger partial charge in [0.1, 0.15) is 5.75 Å². The van der Waals surface area contributed by atoms with Crippen LogP contribution < -0.4 is 10.1 Å². The van der Waals surface area contributed by atoms with E-state index in [0.717, 1.165) is 4.90 Å². The number of amides is 1. The van der Waals surface area contributed by atoms with Gasteiger partial charge in [-0.2, -0.15) is 5.10 Å². The molecule has 20 heavy (non-hydrogen) atoms. The lowest BCUT2D eigenvalue weighted by Gasteiger charge is -2.13. The highest BCUT2D eigenvalue weighted by molar-refractivity contribution is 8.00. The first kappa shape index (κ1) is 14.5. The summed E-state index contributed by atoms with van der Waals surface area (Å²) in [5.41, 5.74) is 0.679. The van der Waals surface area contributed by atoms with Gasteiger partial charge >= 0.3 is 0 Å². The molecule has 0 bridgehead atoms. The normalized spacial score (nSPS) is 11.9. The van der Waals surface area contributed by atoms with Crippen LogP contribution in [0.2, 0.25) is 0 Å². The molecular formula is C14H17N3O2S. The zero-order chi connectivity index (χ0) is 14.5. The second-order valence-electron chi connectivity index (χ2n) is 4.30. The molecule has 0 spiro atoms. The molecule has 1 aromatic heterocycles. The van der Waals surface area contributed by atoms with E-state index in [2.05, 4.69) is 10.4 Å². The minimum atomic E-state index is -0.218. The minimum Gasteiger partial charge on any atom is -0.495 e. The van der Waals surface area contributed by atoms with Gasteiger partial charge in [0.25, 0.3) is 0 Å². The van der Waals surface area contributed by atoms with Crippen molar-refractivity contribution in [3.63, 3.8) is 0 Å². The number of nitrogens with one attached hydrogen (secondary N) is 1. The van der Waals surface area contributed by atoms with E-state index in [-0.39, 0.29) is 11.2 Å². The Balaban J connectivity index is 2.00. The molecule has 0 fully saturated rings. The second kappa shape index (κ2) is 6.47. The van der Waals surface area contributed by atoms with Gasteiger partial charge in [0.2, 0.25) is 5.91 Å². The quantitative estimate of drug-likeness (QED) is 0.860. The molecule has 0 saturated heterocycles. The maximum absolute atomic E-state index is 12.2. The maximum Gasteiger partial charge on any atom is 0.237 e. The van der Waals surface area contributed by atoms with Crippen LogP contribution in [0.3, 0.4) is 0 Å². The van der Waals surface area contributed by atoms with E-state index in [1.807, 2.05) is 44.4 Å². The van der Waals surface area contributed by atoms with Crippen molar-refractivity contribution in [3.8, 4) is 5.75 Å². The summed E-state index contributed by atoms with van der Waals surface area (Å²) < 4.78 is 6.93. The molecule has 1 N–H and O–H groups in total. The molecule has 0 saturated carbocycles. The van der Waals surface area contributed by atoms with Crippen molar-refractivity contribution in [2.45, 2.75) is 17.1 Å². The summed E-state index contributed by atoms with van der Waals surface area (Å²) in [7, 11) is 3.43. The zero-order valence-corrected chi connectivity index (χ0v) is 12.5. The molecule has 1 atom stereocenters. The highest BCUT2D eigenvalue weighted by atomic mass is 32.2. The number of hydrogen-bond donors (Lipinski definition) is 1. The third-order valence-electron chi connectivity index (χ3n) is 2.73. The molecule has 2 rings (SSSR count). The standard InChI is InChI=1S/C14H17N3O2S/c1-10(20-11-8-15-17(2)9-11)14(18)16-12-6-4-5-7-13(12)19-3/h4-10H,1-3H3,(H,16,18)/t10-/m1/s1. The fourth-order valence-electron chi connectivity index (χ4n) is 1.70. The fraction of sp³-hybridized carbons (Fsp3) is 0.286. The van der Waals surface area contributed by atoms with Crippen LogP contribution >= 0.6 is 11.8 Å². The number of rotatable bonds is 5. The Morgan fingerprint density at radius 1 is 1.45 bits per heavy atom. The second-order valence-corrected chi connectivity index (χ2v) is 5.71. The average Bonchev–Trinajstić information content (AvgIpc) is 2.84. The first-order chi connectivity index (χ1) is 9.60. The molecule has 2 aromatic rings. The summed E-state index contributed by atoms with van der Waals surface area (Å²) in [6.45, 7) is 1.86. The van der Waals surface area contributed by atoms with Crippen molar-refractivity contribution in [2.24, 2.45) is 7.05 Å². The highest BCUT2D eigenvalue weighted by Gasteiger charge is 2.16.